The molecule has 0 spiro atoms. The van der Waals surface area contributed by atoms with Crippen LogP contribution in [0.3, 0.4) is 0 Å². The number of hydrogen-bond acceptors (Lipinski definition) is 5. The summed E-state index contributed by atoms with van der Waals surface area (Å²) >= 11 is 0. The molecule has 1 aromatic rings. The molecule has 1 aromatic carbocycles. The first-order valence-corrected chi connectivity index (χ1v) is 7.83. The highest BCUT2D eigenvalue weighted by molar-refractivity contribution is 6.14. The minimum atomic E-state index is -0.499. The first kappa shape index (κ1) is 19.3. The van der Waals surface area contributed by atoms with Gasteiger partial charge in [0, 0.05) is 23.3 Å². The summed E-state index contributed by atoms with van der Waals surface area (Å²) in [5, 5.41) is 2.84. The van der Waals surface area contributed by atoms with Crippen LogP contribution in [0.15, 0.2) is 24.3 Å². The number of benzene rings is 1. The lowest BCUT2D eigenvalue weighted by molar-refractivity contribution is 0.0178. The van der Waals surface area contributed by atoms with Gasteiger partial charge < -0.3 is 26.3 Å². The number of rotatable bonds is 8. The molecule has 1 rings (SSSR count). The number of hydrogen-bond donors (Lipinski definition) is 3. The maximum absolute atomic E-state index is 12.0. The SMILES string of the molecule is BC(C)(CCN)OCCC(C)(C)NC(=O)Oc1ccc(N)cc1. The lowest BCUT2D eigenvalue weighted by Gasteiger charge is -2.29. The molecule has 1 amide bonds. The number of nitrogen functional groups attached to an aromatic ring is 1. The van der Waals surface area contributed by atoms with Crippen LogP contribution in [0.25, 0.3) is 0 Å². The van der Waals surface area contributed by atoms with E-state index in [1.165, 1.54) is 0 Å². The van der Waals surface area contributed by atoms with Crippen molar-refractivity contribution in [2.75, 3.05) is 18.9 Å². The molecule has 0 saturated heterocycles. The highest BCUT2D eigenvalue weighted by Crippen LogP contribution is 2.16. The molecule has 0 heterocycles. The largest absolute Gasteiger partial charge is 0.413 e. The molecule has 0 saturated carbocycles. The minimum Gasteiger partial charge on any atom is -0.410 e. The van der Waals surface area contributed by atoms with Crippen LogP contribution in [0.2, 0.25) is 0 Å². The van der Waals surface area contributed by atoms with Crippen LogP contribution in [-0.2, 0) is 4.74 Å². The number of anilines is 1. The Morgan fingerprint density at radius 2 is 1.83 bits per heavy atom. The summed E-state index contributed by atoms with van der Waals surface area (Å²) in [5.74, 6) is 0.452. The Labute approximate surface area is 139 Å². The number of carbonyl (C=O) groups is 1. The van der Waals surface area contributed by atoms with Crippen molar-refractivity contribution in [1.29, 1.82) is 0 Å². The molecule has 0 aliphatic heterocycles. The van der Waals surface area contributed by atoms with Gasteiger partial charge in [0.25, 0.3) is 0 Å². The molecule has 128 valence electrons. The third-order valence-corrected chi connectivity index (χ3v) is 3.50. The van der Waals surface area contributed by atoms with Crippen molar-refractivity contribution >= 4 is 19.6 Å². The molecule has 7 heteroatoms. The Morgan fingerprint density at radius 1 is 1.22 bits per heavy atom. The summed E-state index contributed by atoms with van der Waals surface area (Å²) in [6.45, 7) is 6.98. The van der Waals surface area contributed by atoms with Crippen molar-refractivity contribution < 1.29 is 14.3 Å². The fraction of sp³-hybridized carbons (Fsp3) is 0.562. The molecule has 1 unspecified atom stereocenters. The molecule has 0 bridgehead atoms. The zero-order chi connectivity index (χ0) is 17.5. The van der Waals surface area contributed by atoms with Crippen molar-refractivity contribution in [2.45, 2.75) is 44.7 Å². The van der Waals surface area contributed by atoms with E-state index in [1.54, 1.807) is 24.3 Å². The van der Waals surface area contributed by atoms with Gasteiger partial charge in [0.15, 0.2) is 0 Å². The van der Waals surface area contributed by atoms with E-state index >= 15 is 0 Å². The monoisotopic (exact) mass is 321 g/mol. The predicted molar refractivity (Wildman–Crippen MR) is 95.3 cm³/mol. The Balaban J connectivity index is 2.41. The van der Waals surface area contributed by atoms with Crippen molar-refractivity contribution in [3.8, 4) is 5.75 Å². The summed E-state index contributed by atoms with van der Waals surface area (Å²) in [5.41, 5.74) is 11.1. The van der Waals surface area contributed by atoms with Crippen LogP contribution in [0.1, 0.15) is 33.6 Å². The number of nitrogens with two attached hydrogens (primary N) is 2. The molecule has 0 aromatic heterocycles. The van der Waals surface area contributed by atoms with Gasteiger partial charge in [-0.1, -0.05) is 0 Å². The quantitative estimate of drug-likeness (QED) is 0.494. The summed E-state index contributed by atoms with van der Waals surface area (Å²) in [6, 6.07) is 6.67. The minimum absolute atomic E-state index is 0.255. The van der Waals surface area contributed by atoms with Crippen LogP contribution >= 0.6 is 0 Å². The average Bonchev–Trinajstić information content (AvgIpc) is 2.40. The summed E-state index contributed by atoms with van der Waals surface area (Å²) < 4.78 is 11.1. The lowest BCUT2D eigenvalue weighted by Crippen LogP contribution is -2.46. The average molecular weight is 321 g/mol. The predicted octanol–water partition coefficient (Wildman–Crippen LogP) is 1.24. The van der Waals surface area contributed by atoms with Gasteiger partial charge in [0.05, 0.1) is 0 Å². The Morgan fingerprint density at radius 3 is 2.39 bits per heavy atom. The van der Waals surface area contributed by atoms with E-state index in [9.17, 15) is 4.79 Å². The second kappa shape index (κ2) is 8.22. The molecule has 23 heavy (non-hydrogen) atoms. The number of ether oxygens (including phenoxy) is 2. The second-order valence-corrected chi connectivity index (χ2v) is 6.86. The van der Waals surface area contributed by atoms with E-state index in [2.05, 4.69) is 5.32 Å². The molecule has 6 nitrogen and oxygen atoms in total. The Bertz CT molecular complexity index is 504. The van der Waals surface area contributed by atoms with Gasteiger partial charge in [-0.15, -0.1) is 0 Å². The van der Waals surface area contributed by atoms with Crippen LogP contribution in [-0.4, -0.2) is 38.1 Å². The molecule has 5 N–H and O–H groups in total. The maximum Gasteiger partial charge on any atom is 0.413 e. The molecular formula is C16H28BN3O3. The van der Waals surface area contributed by atoms with Crippen LogP contribution in [0, 0.1) is 0 Å². The number of amides is 1. The fourth-order valence-corrected chi connectivity index (χ4v) is 2.01. The standard InChI is InChI=1S/C16H28BN3O3/c1-15(2,9-11-22-16(3,17)8-10-18)20-14(21)23-13-6-4-12(19)5-7-13/h4-7H,8-11,17-19H2,1-3H3,(H,20,21). The van der Waals surface area contributed by atoms with Gasteiger partial charge in [0.1, 0.15) is 13.6 Å². The zero-order valence-corrected chi connectivity index (χ0v) is 14.5. The topological polar surface area (TPSA) is 99.6 Å². The van der Waals surface area contributed by atoms with E-state index in [-0.39, 0.29) is 5.50 Å². The van der Waals surface area contributed by atoms with E-state index in [0.717, 1.165) is 6.42 Å². The Hall–Kier alpha value is -1.73. The summed E-state index contributed by atoms with van der Waals surface area (Å²) in [4.78, 5) is 12.0. The van der Waals surface area contributed by atoms with Gasteiger partial charge in [0.2, 0.25) is 0 Å². The summed E-state index contributed by atoms with van der Waals surface area (Å²) in [7, 11) is 2.01. The lowest BCUT2D eigenvalue weighted by atomic mass is 9.80. The molecule has 0 aliphatic carbocycles. The fourth-order valence-electron chi connectivity index (χ4n) is 2.01. The van der Waals surface area contributed by atoms with E-state index in [0.29, 0.717) is 31.0 Å². The first-order valence-electron chi connectivity index (χ1n) is 7.83. The molecule has 1 atom stereocenters. The smallest absolute Gasteiger partial charge is 0.410 e. The first-order chi connectivity index (χ1) is 10.6. The van der Waals surface area contributed by atoms with Crippen molar-refractivity contribution in [3.05, 3.63) is 24.3 Å². The van der Waals surface area contributed by atoms with E-state index in [4.69, 9.17) is 20.9 Å². The van der Waals surface area contributed by atoms with Gasteiger partial charge in [-0.25, -0.2) is 4.79 Å². The maximum atomic E-state index is 12.0. The van der Waals surface area contributed by atoms with Crippen LogP contribution in [0.4, 0.5) is 10.5 Å². The third kappa shape index (κ3) is 7.90. The highest BCUT2D eigenvalue weighted by atomic mass is 16.6. The molecular weight excluding hydrogens is 293 g/mol. The van der Waals surface area contributed by atoms with Gasteiger partial charge in [-0.2, -0.15) is 0 Å². The number of nitrogens with one attached hydrogen (secondary N) is 1. The van der Waals surface area contributed by atoms with E-state index in [1.807, 2.05) is 28.6 Å². The third-order valence-electron chi connectivity index (χ3n) is 3.50. The zero-order valence-electron chi connectivity index (χ0n) is 14.5. The van der Waals surface area contributed by atoms with E-state index < -0.39 is 11.6 Å². The normalized spacial score (nSPS) is 14.1. The van der Waals surface area contributed by atoms with Gasteiger partial charge >= 0.3 is 6.09 Å². The van der Waals surface area contributed by atoms with Gasteiger partial charge in [-0.3, -0.25) is 0 Å². The molecule has 0 radical (unpaired) electrons. The van der Waals surface area contributed by atoms with Gasteiger partial charge in [-0.05, 0) is 64.4 Å². The summed E-state index contributed by atoms with van der Waals surface area (Å²) in [6.07, 6.45) is 0.957. The number of carbonyl (C=O) groups excluding carboxylic acids is 1. The van der Waals surface area contributed by atoms with Crippen molar-refractivity contribution in [3.63, 3.8) is 0 Å². The van der Waals surface area contributed by atoms with Crippen LogP contribution < -0.4 is 21.5 Å². The molecule has 0 aliphatic rings. The van der Waals surface area contributed by atoms with Crippen molar-refractivity contribution in [1.82, 2.24) is 5.32 Å². The highest BCUT2D eigenvalue weighted by Gasteiger charge is 2.24. The Kier molecular flexibility index (Phi) is 6.90. The molecule has 0 fully saturated rings. The van der Waals surface area contributed by atoms with Crippen molar-refractivity contribution in [2.24, 2.45) is 5.73 Å². The second-order valence-electron chi connectivity index (χ2n) is 6.86. The van der Waals surface area contributed by atoms with Crippen LogP contribution in [0.5, 0.6) is 5.75 Å².